The Morgan fingerprint density at radius 2 is 1.47 bits per heavy atom. The van der Waals surface area contributed by atoms with Crippen molar-refractivity contribution in [2.45, 2.75) is 83.2 Å². The Bertz CT molecular complexity index is 251. The molecule has 1 unspecified atom stereocenters. The first kappa shape index (κ1) is 15.3. The standard InChI is InChI=1S/C16H33N3/c1-16(2,19-12-8-3-4-9-13-19)15(18-17)14-10-6-5-7-11-14/h14-15,18H,3-13,17H2,1-2H3. The highest BCUT2D eigenvalue weighted by molar-refractivity contribution is 4.97. The van der Waals surface area contributed by atoms with Gasteiger partial charge in [0.05, 0.1) is 0 Å². The second-order valence-corrected chi connectivity index (χ2v) is 7.10. The lowest BCUT2D eigenvalue weighted by Crippen LogP contribution is -2.62. The van der Waals surface area contributed by atoms with Crippen LogP contribution < -0.4 is 11.3 Å². The molecule has 1 aliphatic heterocycles. The minimum atomic E-state index is 0.182. The predicted octanol–water partition coefficient (Wildman–Crippen LogP) is 3.05. The maximum Gasteiger partial charge on any atom is 0.0417 e. The van der Waals surface area contributed by atoms with E-state index in [1.54, 1.807) is 0 Å². The third-order valence-corrected chi connectivity index (χ3v) is 5.48. The van der Waals surface area contributed by atoms with Crippen LogP contribution in [-0.4, -0.2) is 29.6 Å². The molecule has 1 atom stereocenters. The number of rotatable bonds is 4. The molecule has 2 rings (SSSR count). The lowest BCUT2D eigenvalue weighted by Gasteiger charge is -2.47. The van der Waals surface area contributed by atoms with E-state index in [0.29, 0.717) is 6.04 Å². The van der Waals surface area contributed by atoms with E-state index in [1.165, 1.54) is 70.9 Å². The summed E-state index contributed by atoms with van der Waals surface area (Å²) in [5.74, 6) is 6.72. The van der Waals surface area contributed by atoms with Crippen LogP contribution >= 0.6 is 0 Å². The first-order valence-corrected chi connectivity index (χ1v) is 8.37. The summed E-state index contributed by atoms with van der Waals surface area (Å²) in [4.78, 5) is 2.69. The van der Waals surface area contributed by atoms with Gasteiger partial charge in [0.15, 0.2) is 0 Å². The first-order chi connectivity index (χ1) is 9.16. The lowest BCUT2D eigenvalue weighted by atomic mass is 9.76. The molecule has 0 bridgehead atoms. The molecular formula is C16H33N3. The Balaban J connectivity index is 2.04. The van der Waals surface area contributed by atoms with Crippen LogP contribution in [0.2, 0.25) is 0 Å². The normalized spacial score (nSPS) is 26.1. The second kappa shape index (κ2) is 7.05. The summed E-state index contributed by atoms with van der Waals surface area (Å²) in [5, 5.41) is 0. The van der Waals surface area contributed by atoms with Gasteiger partial charge in [-0.05, 0) is 58.5 Å². The molecule has 2 aliphatic rings. The minimum absolute atomic E-state index is 0.182. The second-order valence-electron chi connectivity index (χ2n) is 7.10. The van der Waals surface area contributed by atoms with Gasteiger partial charge in [0.2, 0.25) is 0 Å². The number of hydrogen-bond donors (Lipinski definition) is 2. The van der Waals surface area contributed by atoms with Gasteiger partial charge in [0.25, 0.3) is 0 Å². The molecule has 1 aliphatic carbocycles. The molecule has 3 nitrogen and oxygen atoms in total. The van der Waals surface area contributed by atoms with Gasteiger partial charge in [-0.1, -0.05) is 32.1 Å². The summed E-state index contributed by atoms with van der Waals surface area (Å²) in [6.07, 6.45) is 12.4. The summed E-state index contributed by atoms with van der Waals surface area (Å²) in [6, 6.07) is 0.436. The van der Waals surface area contributed by atoms with Gasteiger partial charge in [-0.15, -0.1) is 0 Å². The van der Waals surface area contributed by atoms with E-state index in [0.717, 1.165) is 5.92 Å². The predicted molar refractivity (Wildman–Crippen MR) is 81.8 cm³/mol. The molecule has 19 heavy (non-hydrogen) atoms. The van der Waals surface area contributed by atoms with Gasteiger partial charge in [0, 0.05) is 11.6 Å². The smallest absolute Gasteiger partial charge is 0.0417 e. The number of nitrogens with one attached hydrogen (secondary N) is 1. The average Bonchev–Trinajstić information content (AvgIpc) is 2.70. The van der Waals surface area contributed by atoms with Gasteiger partial charge in [-0.25, -0.2) is 0 Å². The van der Waals surface area contributed by atoms with E-state index in [9.17, 15) is 0 Å². The van der Waals surface area contributed by atoms with E-state index in [-0.39, 0.29) is 5.54 Å². The monoisotopic (exact) mass is 267 g/mol. The summed E-state index contributed by atoms with van der Waals surface area (Å²) in [7, 11) is 0. The average molecular weight is 267 g/mol. The van der Waals surface area contributed by atoms with Crippen molar-refractivity contribution >= 4 is 0 Å². The molecule has 0 aromatic rings. The number of nitrogens with zero attached hydrogens (tertiary/aromatic N) is 1. The van der Waals surface area contributed by atoms with Crippen LogP contribution in [0.25, 0.3) is 0 Å². The van der Waals surface area contributed by atoms with Crippen molar-refractivity contribution in [1.82, 2.24) is 10.3 Å². The molecule has 0 spiro atoms. The Kier molecular flexibility index (Phi) is 5.67. The lowest BCUT2D eigenvalue weighted by molar-refractivity contribution is 0.0488. The highest BCUT2D eigenvalue weighted by Crippen LogP contribution is 2.34. The molecule has 0 aromatic heterocycles. The number of likely N-dealkylation sites (tertiary alicyclic amines) is 1. The number of hydrogen-bond acceptors (Lipinski definition) is 3. The first-order valence-electron chi connectivity index (χ1n) is 8.37. The number of hydrazine groups is 1. The molecule has 1 saturated heterocycles. The van der Waals surface area contributed by atoms with Gasteiger partial charge in [-0.2, -0.15) is 0 Å². The zero-order valence-electron chi connectivity index (χ0n) is 13.0. The third kappa shape index (κ3) is 3.71. The highest BCUT2D eigenvalue weighted by Gasteiger charge is 2.39. The van der Waals surface area contributed by atoms with Gasteiger partial charge in [-0.3, -0.25) is 16.2 Å². The van der Waals surface area contributed by atoms with E-state index in [1.807, 2.05) is 0 Å². The van der Waals surface area contributed by atoms with Crippen LogP contribution in [0.1, 0.15) is 71.6 Å². The Morgan fingerprint density at radius 1 is 0.947 bits per heavy atom. The van der Waals surface area contributed by atoms with Crippen LogP contribution in [0.5, 0.6) is 0 Å². The summed E-state index contributed by atoms with van der Waals surface area (Å²) < 4.78 is 0. The maximum absolute atomic E-state index is 5.96. The third-order valence-electron chi connectivity index (χ3n) is 5.48. The van der Waals surface area contributed by atoms with Gasteiger partial charge in [0.1, 0.15) is 0 Å². The molecule has 0 amide bonds. The van der Waals surface area contributed by atoms with E-state index >= 15 is 0 Å². The van der Waals surface area contributed by atoms with E-state index in [4.69, 9.17) is 5.84 Å². The minimum Gasteiger partial charge on any atom is -0.297 e. The van der Waals surface area contributed by atoms with Crippen molar-refractivity contribution in [3.63, 3.8) is 0 Å². The van der Waals surface area contributed by atoms with Crippen LogP contribution in [-0.2, 0) is 0 Å². The summed E-state index contributed by atoms with van der Waals surface area (Å²) >= 11 is 0. The van der Waals surface area contributed by atoms with E-state index < -0.39 is 0 Å². The summed E-state index contributed by atoms with van der Waals surface area (Å²) in [6.45, 7) is 7.30. The molecule has 3 N–H and O–H groups in total. The van der Waals surface area contributed by atoms with Crippen molar-refractivity contribution < 1.29 is 0 Å². The quantitative estimate of drug-likeness (QED) is 0.607. The zero-order valence-corrected chi connectivity index (χ0v) is 13.0. The molecule has 1 heterocycles. The van der Waals surface area contributed by atoms with Crippen molar-refractivity contribution in [2.24, 2.45) is 11.8 Å². The van der Waals surface area contributed by atoms with Gasteiger partial charge < -0.3 is 0 Å². The molecule has 1 saturated carbocycles. The van der Waals surface area contributed by atoms with Gasteiger partial charge >= 0.3 is 0 Å². The Morgan fingerprint density at radius 3 is 2.00 bits per heavy atom. The largest absolute Gasteiger partial charge is 0.297 e. The molecular weight excluding hydrogens is 234 g/mol. The van der Waals surface area contributed by atoms with E-state index in [2.05, 4.69) is 24.2 Å². The number of nitrogens with two attached hydrogens (primary N) is 1. The molecule has 2 fully saturated rings. The molecule has 112 valence electrons. The topological polar surface area (TPSA) is 41.3 Å². The highest BCUT2D eigenvalue weighted by atomic mass is 15.3. The van der Waals surface area contributed by atoms with Crippen molar-refractivity contribution in [2.75, 3.05) is 13.1 Å². The van der Waals surface area contributed by atoms with Crippen molar-refractivity contribution in [1.29, 1.82) is 0 Å². The fourth-order valence-electron chi connectivity index (χ4n) is 4.23. The Hall–Kier alpha value is -0.120. The fourth-order valence-corrected chi connectivity index (χ4v) is 4.23. The van der Waals surface area contributed by atoms with Crippen LogP contribution in [0.4, 0.5) is 0 Å². The zero-order chi connectivity index (χ0) is 13.7. The van der Waals surface area contributed by atoms with Crippen molar-refractivity contribution in [3.05, 3.63) is 0 Å². The molecule has 0 aromatic carbocycles. The van der Waals surface area contributed by atoms with Crippen LogP contribution in [0.15, 0.2) is 0 Å². The molecule has 0 radical (unpaired) electrons. The Labute approximate surface area is 119 Å². The maximum atomic E-state index is 5.96. The summed E-state index contributed by atoms with van der Waals surface area (Å²) in [5.41, 5.74) is 3.37. The SMILES string of the molecule is CC(C)(C(NN)C1CCCCC1)N1CCCCCC1. The van der Waals surface area contributed by atoms with Crippen molar-refractivity contribution in [3.8, 4) is 0 Å². The molecule has 3 heteroatoms. The van der Waals surface area contributed by atoms with Crippen LogP contribution in [0.3, 0.4) is 0 Å². The van der Waals surface area contributed by atoms with Crippen LogP contribution in [0, 0.1) is 5.92 Å². The fraction of sp³-hybridized carbons (Fsp3) is 1.00.